The first-order chi connectivity index (χ1) is 11.7. The maximum Gasteiger partial charge on any atom is 0.374 e. The third kappa shape index (κ3) is 4.14. The van der Waals surface area contributed by atoms with Crippen molar-refractivity contribution in [2.24, 2.45) is 0 Å². The molecule has 1 aromatic carbocycles. The highest BCUT2D eigenvalue weighted by molar-refractivity contribution is 6.32. The Morgan fingerprint density at radius 3 is 2.67 bits per heavy atom. The van der Waals surface area contributed by atoms with Crippen molar-refractivity contribution in [3.8, 4) is 5.75 Å². The van der Waals surface area contributed by atoms with Crippen molar-refractivity contribution in [3.05, 3.63) is 83.0 Å². The van der Waals surface area contributed by atoms with Gasteiger partial charge in [-0.3, -0.25) is 0 Å². The molecule has 0 spiro atoms. The quantitative estimate of drug-likeness (QED) is 0.640. The predicted molar refractivity (Wildman–Crippen MR) is 86.6 cm³/mol. The fourth-order valence-corrected chi connectivity index (χ4v) is 2.20. The third-order valence-corrected chi connectivity index (χ3v) is 3.51. The summed E-state index contributed by atoms with van der Waals surface area (Å²) < 4.78 is 16.2. The molecule has 0 radical (unpaired) electrons. The highest BCUT2D eigenvalue weighted by Gasteiger charge is 2.14. The number of ether oxygens (including phenoxy) is 2. The molecule has 24 heavy (non-hydrogen) atoms. The van der Waals surface area contributed by atoms with E-state index in [9.17, 15) is 4.79 Å². The van der Waals surface area contributed by atoms with Crippen molar-refractivity contribution in [2.75, 3.05) is 0 Å². The molecule has 0 atom stereocenters. The molecule has 0 saturated carbocycles. The number of halogens is 1. The lowest BCUT2D eigenvalue weighted by Crippen LogP contribution is -2.13. The van der Waals surface area contributed by atoms with Gasteiger partial charge in [0.15, 0.2) is 12.8 Å². The summed E-state index contributed by atoms with van der Waals surface area (Å²) in [6.45, 7) is 0.315. The van der Waals surface area contributed by atoms with Crippen molar-refractivity contribution in [1.82, 2.24) is 0 Å². The summed E-state index contributed by atoms with van der Waals surface area (Å²) in [5.41, 5.74) is 0.791. The molecule has 122 valence electrons. The highest BCUT2D eigenvalue weighted by atomic mass is 35.5. The summed E-state index contributed by atoms with van der Waals surface area (Å²) in [5.74, 6) is 0.660. The van der Waals surface area contributed by atoms with Crippen LogP contribution in [0, 0.1) is 0 Å². The summed E-state index contributed by atoms with van der Waals surface area (Å²) in [5, 5.41) is 0.516. The van der Waals surface area contributed by atoms with Gasteiger partial charge in [-0.05, 0) is 30.3 Å². The van der Waals surface area contributed by atoms with Crippen molar-refractivity contribution >= 4 is 17.6 Å². The van der Waals surface area contributed by atoms with Crippen LogP contribution in [0.15, 0.2) is 65.2 Å². The molecule has 0 aliphatic rings. The highest BCUT2D eigenvalue weighted by Crippen LogP contribution is 2.24. The van der Waals surface area contributed by atoms with Crippen LogP contribution in [0.25, 0.3) is 0 Å². The van der Waals surface area contributed by atoms with E-state index in [-0.39, 0.29) is 19.0 Å². The zero-order chi connectivity index (χ0) is 16.8. The first-order valence-electron chi connectivity index (χ1n) is 7.31. The molecule has 0 aliphatic heterocycles. The van der Waals surface area contributed by atoms with Gasteiger partial charge in [-0.25, -0.2) is 9.78 Å². The van der Waals surface area contributed by atoms with Crippen LogP contribution in [-0.2, 0) is 18.0 Å². The van der Waals surface area contributed by atoms with E-state index in [0.29, 0.717) is 16.5 Å². The Balaban J connectivity index is 1.55. The minimum absolute atomic E-state index is 0.128. The maximum atomic E-state index is 12.0. The molecule has 0 bridgehead atoms. The van der Waals surface area contributed by atoms with Crippen LogP contribution in [-0.4, -0.2) is 5.97 Å². The number of pyridine rings is 1. The minimum Gasteiger partial charge on any atom is -0.484 e. The van der Waals surface area contributed by atoms with Gasteiger partial charge in [-0.1, -0.05) is 23.7 Å². The average molecular weight is 345 g/mol. The van der Waals surface area contributed by atoms with Crippen molar-refractivity contribution in [2.45, 2.75) is 13.2 Å². The Kier molecular flexibility index (Phi) is 5.13. The van der Waals surface area contributed by atoms with E-state index in [0.717, 1.165) is 5.69 Å². The van der Waals surface area contributed by atoms with Gasteiger partial charge in [0, 0.05) is 12.1 Å². The summed E-state index contributed by atoms with van der Waals surface area (Å²) >= 11 is 6.01. The van der Waals surface area contributed by atoms with Crippen LogP contribution < -0.4 is 9.72 Å². The zero-order valence-corrected chi connectivity index (χ0v) is 13.5. The molecular formula is C18H15ClNO4+. The summed E-state index contributed by atoms with van der Waals surface area (Å²) in [4.78, 5) is 15.0. The standard InChI is InChI=1S/C18H14ClNO4/c19-15-6-1-2-7-16(15)22-12-14-8-9-17(24-14)18(21)23-11-13-5-3-4-10-20-13/h1-10H,11-12H2/p+1. The number of aromatic nitrogens is 1. The molecule has 3 aromatic rings. The molecule has 0 fully saturated rings. The number of benzene rings is 1. The van der Waals surface area contributed by atoms with Crippen LogP contribution in [0.3, 0.4) is 0 Å². The molecule has 2 heterocycles. The second-order valence-corrected chi connectivity index (χ2v) is 5.36. The Hall–Kier alpha value is -2.79. The SMILES string of the molecule is O=C(OCc1cccc[nH+]1)c1ccc(COc2ccccc2Cl)o1. The van der Waals surface area contributed by atoms with Crippen molar-refractivity contribution < 1.29 is 23.7 Å². The number of carbonyl (C=O) groups excluding carboxylic acids is 1. The van der Waals surface area contributed by atoms with E-state index < -0.39 is 5.97 Å². The number of para-hydroxylation sites is 1. The van der Waals surface area contributed by atoms with Gasteiger partial charge in [0.1, 0.15) is 18.1 Å². The summed E-state index contributed by atoms with van der Waals surface area (Å²) in [7, 11) is 0. The lowest BCUT2D eigenvalue weighted by Gasteiger charge is -2.05. The molecule has 6 heteroatoms. The molecule has 3 rings (SSSR count). The average Bonchev–Trinajstić information content (AvgIpc) is 3.09. The lowest BCUT2D eigenvalue weighted by atomic mass is 10.3. The molecular weight excluding hydrogens is 330 g/mol. The molecule has 0 unspecified atom stereocenters. The van der Waals surface area contributed by atoms with E-state index in [1.54, 1.807) is 30.5 Å². The van der Waals surface area contributed by atoms with Gasteiger partial charge in [-0.2, -0.15) is 0 Å². The maximum absolute atomic E-state index is 12.0. The van der Waals surface area contributed by atoms with Crippen LogP contribution in [0.1, 0.15) is 22.0 Å². The summed E-state index contributed by atoms with van der Waals surface area (Å²) in [6.07, 6.45) is 1.76. The van der Waals surface area contributed by atoms with Crippen molar-refractivity contribution in [1.29, 1.82) is 0 Å². The summed E-state index contributed by atoms with van der Waals surface area (Å²) in [6, 6.07) is 15.9. The van der Waals surface area contributed by atoms with Gasteiger partial charge >= 0.3 is 5.97 Å². The van der Waals surface area contributed by atoms with E-state index in [1.165, 1.54) is 0 Å². The fourth-order valence-electron chi connectivity index (χ4n) is 2.01. The van der Waals surface area contributed by atoms with Gasteiger partial charge < -0.3 is 13.9 Å². The van der Waals surface area contributed by atoms with Crippen molar-refractivity contribution in [3.63, 3.8) is 0 Å². The number of nitrogens with one attached hydrogen (secondary N) is 1. The van der Waals surface area contributed by atoms with E-state index in [4.69, 9.17) is 25.5 Å². The van der Waals surface area contributed by atoms with Gasteiger partial charge in [-0.15, -0.1) is 0 Å². The molecule has 5 nitrogen and oxygen atoms in total. The zero-order valence-electron chi connectivity index (χ0n) is 12.7. The van der Waals surface area contributed by atoms with Gasteiger partial charge in [0.2, 0.25) is 11.5 Å². The molecule has 1 N–H and O–H groups in total. The van der Waals surface area contributed by atoms with Gasteiger partial charge in [0.25, 0.3) is 0 Å². The number of H-pyrrole nitrogens is 1. The molecule has 2 aromatic heterocycles. The monoisotopic (exact) mass is 344 g/mol. The number of rotatable bonds is 6. The Labute approximate surface area is 143 Å². The minimum atomic E-state index is -0.531. The first kappa shape index (κ1) is 16.1. The number of furan rings is 1. The predicted octanol–water partition coefficient (Wildman–Crippen LogP) is 3.68. The second kappa shape index (κ2) is 7.66. The lowest BCUT2D eigenvalue weighted by molar-refractivity contribution is -0.394. The third-order valence-electron chi connectivity index (χ3n) is 3.20. The molecule has 0 aliphatic carbocycles. The van der Waals surface area contributed by atoms with Gasteiger partial charge in [0.05, 0.1) is 5.02 Å². The Morgan fingerprint density at radius 2 is 1.88 bits per heavy atom. The Bertz CT molecular complexity index is 817. The molecule has 0 saturated heterocycles. The number of carbonyl (C=O) groups is 1. The first-order valence-corrected chi connectivity index (χ1v) is 7.69. The van der Waals surface area contributed by atoms with Crippen LogP contribution in [0.4, 0.5) is 0 Å². The van der Waals surface area contributed by atoms with Crippen LogP contribution >= 0.6 is 11.6 Å². The number of esters is 1. The Morgan fingerprint density at radius 1 is 1.04 bits per heavy atom. The topological polar surface area (TPSA) is 62.8 Å². The smallest absolute Gasteiger partial charge is 0.374 e. The van der Waals surface area contributed by atoms with Crippen LogP contribution in [0.5, 0.6) is 5.75 Å². The largest absolute Gasteiger partial charge is 0.484 e. The number of hydrogen-bond acceptors (Lipinski definition) is 4. The normalized spacial score (nSPS) is 10.4. The second-order valence-electron chi connectivity index (χ2n) is 4.95. The fraction of sp³-hybridized carbons (Fsp3) is 0.111. The number of hydrogen-bond donors (Lipinski definition) is 0. The van der Waals surface area contributed by atoms with E-state index in [1.807, 2.05) is 30.3 Å². The van der Waals surface area contributed by atoms with E-state index in [2.05, 4.69) is 4.98 Å². The molecule has 0 amide bonds. The van der Waals surface area contributed by atoms with E-state index >= 15 is 0 Å². The number of aromatic amines is 1. The van der Waals surface area contributed by atoms with Crippen LogP contribution in [0.2, 0.25) is 5.02 Å².